The van der Waals surface area contributed by atoms with E-state index in [0.29, 0.717) is 0 Å². The first kappa shape index (κ1) is 12.7. The monoisotopic (exact) mass is 188 g/mol. The fourth-order valence-electron chi connectivity index (χ4n) is 1.01. The highest BCUT2D eigenvalue weighted by atomic mass is 13.9. The second-order valence-corrected chi connectivity index (χ2v) is 3.00. The lowest BCUT2D eigenvalue weighted by atomic mass is 10.1. The van der Waals surface area contributed by atoms with Gasteiger partial charge in [-0.3, -0.25) is 0 Å². The molecule has 76 valence electrons. The van der Waals surface area contributed by atoms with E-state index < -0.39 is 0 Å². The van der Waals surface area contributed by atoms with Crippen molar-refractivity contribution in [1.82, 2.24) is 0 Å². The Balaban J connectivity index is 0.000000364. The molecule has 0 fully saturated rings. The lowest BCUT2D eigenvalue weighted by molar-refractivity contribution is 1.10. The minimum absolute atomic E-state index is 1.14. The molecule has 0 saturated carbocycles. The molecule has 0 bridgehead atoms. The van der Waals surface area contributed by atoms with Gasteiger partial charge in [0.1, 0.15) is 0 Å². The van der Waals surface area contributed by atoms with Gasteiger partial charge < -0.3 is 0 Å². The van der Waals surface area contributed by atoms with Crippen molar-refractivity contribution in [2.45, 2.75) is 26.7 Å². The first-order chi connectivity index (χ1) is 6.78. The first-order valence-electron chi connectivity index (χ1n) is 5.09. The quantitative estimate of drug-likeness (QED) is 0.624. The highest BCUT2D eigenvalue weighted by Crippen LogP contribution is 2.04. The fourth-order valence-corrected chi connectivity index (χ4v) is 1.01. The van der Waals surface area contributed by atoms with Crippen molar-refractivity contribution in [1.29, 1.82) is 0 Å². The lowest BCUT2D eigenvalue weighted by Gasteiger charge is -1.97. The van der Waals surface area contributed by atoms with Crippen LogP contribution in [0.25, 0.3) is 0 Å². The molecule has 0 aliphatic carbocycles. The molecule has 0 spiro atoms. The Morgan fingerprint density at radius 2 is 1.14 bits per heavy atom. The minimum Gasteiger partial charge on any atom is -0.0991 e. The molecule has 14 heavy (non-hydrogen) atoms. The van der Waals surface area contributed by atoms with E-state index in [1.54, 1.807) is 12.2 Å². The van der Waals surface area contributed by atoms with Crippen LogP contribution in [-0.4, -0.2) is 0 Å². The summed E-state index contributed by atoms with van der Waals surface area (Å²) in [6, 6.07) is 8.83. The molecule has 0 unspecified atom stereocenters. The van der Waals surface area contributed by atoms with Crippen LogP contribution < -0.4 is 0 Å². The normalized spacial score (nSPS) is 8.43. The third-order valence-corrected chi connectivity index (χ3v) is 2.01. The molecule has 0 saturated heterocycles. The van der Waals surface area contributed by atoms with Gasteiger partial charge in [0.15, 0.2) is 0 Å². The standard InChI is InChI=1S/C10H14.C4H6/c1-3-9-5-7-10(4-2)8-6-9;1-3-4-2/h5-8H,3-4H2,1-2H3;3-4H,1-2H2. The van der Waals surface area contributed by atoms with Gasteiger partial charge in [-0.25, -0.2) is 0 Å². The maximum atomic E-state index is 3.36. The van der Waals surface area contributed by atoms with Crippen LogP contribution in [0.1, 0.15) is 25.0 Å². The zero-order valence-electron chi connectivity index (χ0n) is 9.29. The van der Waals surface area contributed by atoms with Crippen LogP contribution in [0.2, 0.25) is 0 Å². The molecular weight excluding hydrogens is 168 g/mol. The number of rotatable bonds is 3. The Hall–Kier alpha value is -1.30. The van der Waals surface area contributed by atoms with Gasteiger partial charge in [0.2, 0.25) is 0 Å². The Bertz CT molecular complexity index is 225. The third-order valence-electron chi connectivity index (χ3n) is 2.01. The van der Waals surface area contributed by atoms with E-state index in [1.165, 1.54) is 11.1 Å². The molecule has 0 N–H and O–H groups in total. The summed E-state index contributed by atoms with van der Waals surface area (Å²) in [6.45, 7) is 11.1. The molecule has 0 aliphatic rings. The van der Waals surface area contributed by atoms with Crippen molar-refractivity contribution in [2.75, 3.05) is 0 Å². The van der Waals surface area contributed by atoms with Crippen molar-refractivity contribution in [2.24, 2.45) is 0 Å². The van der Waals surface area contributed by atoms with Crippen LogP contribution in [0.3, 0.4) is 0 Å². The lowest BCUT2D eigenvalue weighted by Crippen LogP contribution is -1.81. The molecule has 0 heterocycles. The maximum Gasteiger partial charge on any atom is -0.0307 e. The van der Waals surface area contributed by atoms with Crippen molar-refractivity contribution in [3.05, 3.63) is 60.7 Å². The van der Waals surface area contributed by atoms with Crippen LogP contribution in [0, 0.1) is 0 Å². The predicted octanol–water partition coefficient (Wildman–Crippen LogP) is 4.17. The van der Waals surface area contributed by atoms with Crippen LogP contribution in [-0.2, 0) is 12.8 Å². The highest BCUT2D eigenvalue weighted by molar-refractivity contribution is 5.22. The molecule has 1 aromatic rings. The fraction of sp³-hybridized carbons (Fsp3) is 0.286. The smallest absolute Gasteiger partial charge is 0.0307 e. The van der Waals surface area contributed by atoms with Gasteiger partial charge in [-0.05, 0) is 24.0 Å². The summed E-state index contributed by atoms with van der Waals surface area (Å²) in [7, 11) is 0. The predicted molar refractivity (Wildman–Crippen MR) is 65.6 cm³/mol. The van der Waals surface area contributed by atoms with Gasteiger partial charge in [-0.2, -0.15) is 0 Å². The zero-order valence-corrected chi connectivity index (χ0v) is 9.29. The van der Waals surface area contributed by atoms with Crippen LogP contribution in [0.15, 0.2) is 49.6 Å². The number of hydrogen-bond donors (Lipinski definition) is 0. The topological polar surface area (TPSA) is 0 Å². The van der Waals surface area contributed by atoms with Gasteiger partial charge in [0.05, 0.1) is 0 Å². The summed E-state index contributed by atoms with van der Waals surface area (Å²) in [6.07, 6.45) is 5.56. The van der Waals surface area contributed by atoms with Crippen molar-refractivity contribution >= 4 is 0 Å². The van der Waals surface area contributed by atoms with E-state index in [9.17, 15) is 0 Å². The van der Waals surface area contributed by atoms with E-state index in [0.717, 1.165) is 12.8 Å². The highest BCUT2D eigenvalue weighted by Gasteiger charge is 1.88. The van der Waals surface area contributed by atoms with E-state index in [-0.39, 0.29) is 0 Å². The van der Waals surface area contributed by atoms with Crippen molar-refractivity contribution in [3.63, 3.8) is 0 Å². The molecule has 0 aliphatic heterocycles. The number of hydrogen-bond acceptors (Lipinski definition) is 0. The Labute approximate surface area is 88.0 Å². The van der Waals surface area contributed by atoms with E-state index in [2.05, 4.69) is 51.3 Å². The molecule has 0 aromatic heterocycles. The summed E-state index contributed by atoms with van der Waals surface area (Å²) in [4.78, 5) is 0. The average molecular weight is 188 g/mol. The molecule has 1 aromatic carbocycles. The minimum atomic E-state index is 1.14. The van der Waals surface area contributed by atoms with E-state index >= 15 is 0 Å². The Morgan fingerprint density at radius 3 is 1.29 bits per heavy atom. The summed E-state index contributed by atoms with van der Waals surface area (Å²) >= 11 is 0. The molecule has 0 nitrogen and oxygen atoms in total. The summed E-state index contributed by atoms with van der Waals surface area (Å²) in [5, 5.41) is 0. The first-order valence-corrected chi connectivity index (χ1v) is 5.09. The summed E-state index contributed by atoms with van der Waals surface area (Å²) in [5.41, 5.74) is 2.86. The molecule has 0 atom stereocenters. The second-order valence-electron chi connectivity index (χ2n) is 3.00. The third kappa shape index (κ3) is 5.36. The van der Waals surface area contributed by atoms with Crippen LogP contribution in [0.4, 0.5) is 0 Å². The van der Waals surface area contributed by atoms with Crippen molar-refractivity contribution < 1.29 is 0 Å². The zero-order chi connectivity index (χ0) is 10.8. The molecule has 0 radical (unpaired) electrons. The Morgan fingerprint density at radius 1 is 0.857 bits per heavy atom. The summed E-state index contributed by atoms with van der Waals surface area (Å²) < 4.78 is 0. The molecule has 0 amide bonds. The van der Waals surface area contributed by atoms with Gasteiger partial charge in [0, 0.05) is 0 Å². The maximum absolute atomic E-state index is 3.36. The van der Waals surface area contributed by atoms with Crippen LogP contribution >= 0.6 is 0 Å². The number of allylic oxidation sites excluding steroid dienone is 2. The number of aryl methyl sites for hydroxylation is 2. The second kappa shape index (κ2) is 8.31. The average Bonchev–Trinajstić information content (AvgIpc) is 2.29. The van der Waals surface area contributed by atoms with Crippen LogP contribution in [0.5, 0.6) is 0 Å². The number of benzene rings is 1. The van der Waals surface area contributed by atoms with Gasteiger partial charge >= 0.3 is 0 Å². The molecule has 0 heteroatoms. The molecular formula is C14H20. The van der Waals surface area contributed by atoms with E-state index in [1.807, 2.05) is 0 Å². The Kier molecular flexibility index (Phi) is 7.53. The van der Waals surface area contributed by atoms with Crippen molar-refractivity contribution in [3.8, 4) is 0 Å². The largest absolute Gasteiger partial charge is 0.0991 e. The molecule has 1 rings (SSSR count). The van der Waals surface area contributed by atoms with Gasteiger partial charge in [-0.15, -0.1) is 0 Å². The van der Waals surface area contributed by atoms with Gasteiger partial charge in [-0.1, -0.05) is 63.4 Å². The van der Waals surface area contributed by atoms with E-state index in [4.69, 9.17) is 0 Å². The van der Waals surface area contributed by atoms with Gasteiger partial charge in [0.25, 0.3) is 0 Å². The summed E-state index contributed by atoms with van der Waals surface area (Å²) in [5.74, 6) is 0. The SMILES string of the molecule is C=CC=C.CCc1ccc(CC)cc1.